The minimum atomic E-state index is -1.69. The van der Waals surface area contributed by atoms with Gasteiger partial charge in [-0.1, -0.05) is 56.7 Å². The Morgan fingerprint density at radius 3 is 2.79 bits per heavy atom. The summed E-state index contributed by atoms with van der Waals surface area (Å²) < 4.78 is 25.8. The molecule has 4 N–H and O–H groups in total. The highest BCUT2D eigenvalue weighted by Crippen LogP contribution is 2.46. The van der Waals surface area contributed by atoms with Gasteiger partial charge in [-0.2, -0.15) is 5.10 Å². The fraction of sp³-hybridized carbons (Fsp3) is 0.667. The molecule has 4 aliphatic heterocycles. The quantitative estimate of drug-likeness (QED) is 0.175. The van der Waals surface area contributed by atoms with Gasteiger partial charge in [0.1, 0.15) is 23.7 Å². The molecule has 0 radical (unpaired) electrons. The van der Waals surface area contributed by atoms with E-state index in [1.165, 1.54) is 5.57 Å². The number of nitrogens with zero attached hydrogens (tertiary/aromatic N) is 1. The van der Waals surface area contributed by atoms with E-state index >= 15 is 0 Å². The van der Waals surface area contributed by atoms with Crippen molar-refractivity contribution in [1.82, 2.24) is 5.43 Å². The van der Waals surface area contributed by atoms with Crippen LogP contribution < -0.4 is 11.2 Å². The van der Waals surface area contributed by atoms with E-state index in [0.29, 0.717) is 35.6 Å². The second-order valence-electron chi connectivity index (χ2n) is 13.1. The van der Waals surface area contributed by atoms with Crippen molar-refractivity contribution >= 4 is 29.0 Å². The van der Waals surface area contributed by atoms with Crippen molar-refractivity contribution in [3.8, 4) is 0 Å². The van der Waals surface area contributed by atoms with Gasteiger partial charge in [0.2, 0.25) is 0 Å². The highest BCUT2D eigenvalue weighted by atomic mass is 32.1. The molecule has 0 aromatic carbocycles. The molecule has 0 saturated carbocycles. The predicted octanol–water partition coefficient (Wildman–Crippen LogP) is 4.75. The summed E-state index contributed by atoms with van der Waals surface area (Å²) in [7, 11) is 0. The highest BCUT2D eigenvalue weighted by molar-refractivity contribution is 7.80. The summed E-state index contributed by atoms with van der Waals surface area (Å²) in [4.78, 5) is 14.1. The largest absolute Gasteiger partial charge is 0.462 e. The van der Waals surface area contributed by atoms with Crippen LogP contribution in [0.2, 0.25) is 0 Å². The van der Waals surface area contributed by atoms with Crippen LogP contribution in [0.1, 0.15) is 79.6 Å². The first kappa shape index (κ1) is 32.0. The topological polar surface area (TPSA) is 125 Å². The fourth-order valence-electron chi connectivity index (χ4n) is 7.35. The average Bonchev–Trinajstić information content (AvgIpc) is 3.28. The second-order valence-corrected chi connectivity index (χ2v) is 13.5. The van der Waals surface area contributed by atoms with Crippen LogP contribution in [0.3, 0.4) is 0 Å². The Kier molecular flexibility index (Phi) is 9.63. The summed E-state index contributed by atoms with van der Waals surface area (Å²) in [6.07, 6.45) is 13.8. The number of hydrogen-bond donors (Lipinski definition) is 3. The summed E-state index contributed by atoms with van der Waals surface area (Å²) in [5.41, 5.74) is 9.54. The second kappa shape index (κ2) is 12.9. The number of hydrogen-bond acceptors (Lipinski definition) is 8. The third-order valence-corrected chi connectivity index (χ3v) is 9.72. The number of aliphatic hydroxyl groups is 1. The lowest BCUT2D eigenvalue weighted by Gasteiger charge is -2.49. The van der Waals surface area contributed by atoms with E-state index in [4.69, 9.17) is 36.9 Å². The van der Waals surface area contributed by atoms with Crippen LogP contribution in [-0.2, 0) is 23.7 Å². The molecule has 236 valence electrons. The van der Waals surface area contributed by atoms with Crippen LogP contribution >= 0.6 is 12.2 Å². The molecule has 5 aliphatic rings. The molecule has 0 aromatic rings. The maximum Gasteiger partial charge on any atom is 0.316 e. The Balaban J connectivity index is 1.54. The van der Waals surface area contributed by atoms with E-state index < -0.39 is 35.5 Å². The molecule has 9 atom stereocenters. The molecule has 5 rings (SSSR count). The molecule has 0 unspecified atom stereocenters. The standard InChI is InChI=1S/C33H47N3O6S/c1-6-27-21(4)12-13-32(42-27)17-25-16-24(41-32)11-10-20(3)14-19(2)8-7-9-23-18-39-29-28(35-36-31(34)43)22(5)15-26(30(37)40-25)33(23,29)38/h7-10,15,19,21,24-27,29,38H,6,11-14,16-18H2,1-5H3,(H3,34,36,43)/b8-7+,20-10+,23-9+,35-28-/t19-,21-,24+,25-,26-,27+,29+,32+,33+/m0/s1. The number of hydrazone groups is 1. The van der Waals surface area contributed by atoms with Crippen molar-refractivity contribution in [3.05, 3.63) is 47.1 Å². The van der Waals surface area contributed by atoms with Gasteiger partial charge in [-0.25, -0.2) is 0 Å². The minimum Gasteiger partial charge on any atom is -0.462 e. The number of carbonyl (C=O) groups excluding carboxylic acids is 1. The number of fused-ring (bicyclic) bond motifs is 2. The molecule has 2 bridgehead atoms. The third kappa shape index (κ3) is 6.68. The summed E-state index contributed by atoms with van der Waals surface area (Å²) in [6, 6.07) is 0. The number of carbonyl (C=O) groups is 1. The van der Waals surface area contributed by atoms with Crippen molar-refractivity contribution in [2.45, 2.75) is 115 Å². The Morgan fingerprint density at radius 2 is 2.05 bits per heavy atom. The average molecular weight is 614 g/mol. The van der Waals surface area contributed by atoms with Gasteiger partial charge in [-0.3, -0.25) is 10.2 Å². The number of rotatable bonds is 2. The molecule has 10 heteroatoms. The molecule has 0 amide bonds. The third-order valence-electron chi connectivity index (χ3n) is 9.63. The molecule has 1 spiro atoms. The summed E-state index contributed by atoms with van der Waals surface area (Å²) >= 11 is 4.95. The van der Waals surface area contributed by atoms with Gasteiger partial charge >= 0.3 is 5.97 Å². The number of thiocarbonyl (C=S) groups is 1. The molecular weight excluding hydrogens is 566 g/mol. The lowest BCUT2D eigenvalue weighted by atomic mass is 9.71. The van der Waals surface area contributed by atoms with Gasteiger partial charge in [0.05, 0.1) is 24.5 Å². The van der Waals surface area contributed by atoms with Gasteiger partial charge < -0.3 is 29.8 Å². The normalized spacial score (nSPS) is 44.3. The molecule has 9 nitrogen and oxygen atoms in total. The van der Waals surface area contributed by atoms with Crippen LogP contribution in [0.25, 0.3) is 0 Å². The predicted molar refractivity (Wildman–Crippen MR) is 169 cm³/mol. The Morgan fingerprint density at radius 1 is 1.26 bits per heavy atom. The SMILES string of the molecule is CC[C@H]1O[C@]2(CC[C@@H]1C)C[C@@H]1C[C@@H](C/C=C(\C)C[C@@H](C)/C=C/C=C3\CO[C@@H]4/C(=N\NC(N)=S)C(C)=C[C@@H](C(=O)O1)[C@]34O)O2. The van der Waals surface area contributed by atoms with Crippen molar-refractivity contribution in [2.24, 2.45) is 28.6 Å². The van der Waals surface area contributed by atoms with Crippen LogP contribution in [0.4, 0.5) is 0 Å². The van der Waals surface area contributed by atoms with Crippen LogP contribution in [0, 0.1) is 17.8 Å². The lowest BCUT2D eigenvalue weighted by molar-refractivity contribution is -0.335. The number of ether oxygens (including phenoxy) is 4. The maximum absolute atomic E-state index is 14.1. The van der Waals surface area contributed by atoms with Crippen LogP contribution in [-0.4, -0.2) is 64.3 Å². The first-order valence-corrected chi connectivity index (χ1v) is 16.1. The molecule has 1 aliphatic carbocycles. The van der Waals surface area contributed by atoms with E-state index in [1.54, 1.807) is 6.08 Å². The number of allylic oxidation sites excluding steroid dienone is 4. The first-order valence-electron chi connectivity index (χ1n) is 15.7. The summed E-state index contributed by atoms with van der Waals surface area (Å²) in [5, 5.41) is 16.7. The van der Waals surface area contributed by atoms with E-state index in [9.17, 15) is 9.90 Å². The fourth-order valence-corrected chi connectivity index (χ4v) is 7.40. The zero-order chi connectivity index (χ0) is 30.9. The van der Waals surface area contributed by atoms with Crippen LogP contribution in [0.5, 0.6) is 0 Å². The number of nitrogens with two attached hydrogens (primary N) is 1. The Labute approximate surface area is 260 Å². The van der Waals surface area contributed by atoms with Gasteiger partial charge in [0.25, 0.3) is 0 Å². The van der Waals surface area contributed by atoms with E-state index in [-0.39, 0.29) is 29.8 Å². The van der Waals surface area contributed by atoms with E-state index in [1.807, 2.05) is 19.1 Å². The molecule has 3 fully saturated rings. The smallest absolute Gasteiger partial charge is 0.316 e. The van der Waals surface area contributed by atoms with Crippen molar-refractivity contribution < 1.29 is 28.8 Å². The Bertz CT molecular complexity index is 1260. The Hall–Kier alpha value is -2.37. The van der Waals surface area contributed by atoms with E-state index in [0.717, 1.165) is 32.1 Å². The zero-order valence-electron chi connectivity index (χ0n) is 26.0. The van der Waals surface area contributed by atoms with Crippen molar-refractivity contribution in [1.29, 1.82) is 0 Å². The van der Waals surface area contributed by atoms with Crippen molar-refractivity contribution in [3.63, 3.8) is 0 Å². The molecule has 4 heterocycles. The monoisotopic (exact) mass is 613 g/mol. The minimum absolute atomic E-state index is 0.00511. The molecular formula is C33H47N3O6S. The van der Waals surface area contributed by atoms with E-state index in [2.05, 4.69) is 50.4 Å². The van der Waals surface area contributed by atoms with Crippen molar-refractivity contribution in [2.75, 3.05) is 6.61 Å². The van der Waals surface area contributed by atoms with Crippen LogP contribution in [0.15, 0.2) is 52.2 Å². The highest BCUT2D eigenvalue weighted by Gasteiger charge is 2.59. The van der Waals surface area contributed by atoms with Gasteiger partial charge in [-0.05, 0) is 74.7 Å². The molecule has 43 heavy (non-hydrogen) atoms. The maximum atomic E-state index is 14.1. The molecule has 3 saturated heterocycles. The van der Waals surface area contributed by atoms with Gasteiger partial charge in [0, 0.05) is 19.3 Å². The zero-order valence-corrected chi connectivity index (χ0v) is 26.8. The van der Waals surface area contributed by atoms with Gasteiger partial charge in [0.15, 0.2) is 10.9 Å². The summed E-state index contributed by atoms with van der Waals surface area (Å²) in [5.74, 6) is -1.58. The van der Waals surface area contributed by atoms with Gasteiger partial charge in [-0.15, -0.1) is 0 Å². The number of nitrogens with one attached hydrogen (secondary N) is 1. The summed E-state index contributed by atoms with van der Waals surface area (Å²) in [6.45, 7) is 10.7. The number of esters is 1. The first-order chi connectivity index (χ1) is 20.4. The lowest BCUT2D eigenvalue weighted by Crippen LogP contribution is -2.57. The molecule has 0 aromatic heterocycles.